The summed E-state index contributed by atoms with van der Waals surface area (Å²) in [5.41, 5.74) is 0.638. The van der Waals surface area contributed by atoms with Gasteiger partial charge in [-0.1, -0.05) is 6.07 Å². The Morgan fingerprint density at radius 3 is 2.69 bits per heavy atom. The van der Waals surface area contributed by atoms with E-state index in [0.717, 1.165) is 5.39 Å². The minimum absolute atomic E-state index is 0.401. The fourth-order valence-electron chi connectivity index (χ4n) is 1.11. The topological polar surface area (TPSA) is 30.2 Å². The van der Waals surface area contributed by atoms with Crippen molar-refractivity contribution in [3.63, 3.8) is 0 Å². The van der Waals surface area contributed by atoms with Gasteiger partial charge in [-0.25, -0.2) is 0 Å². The lowest BCUT2D eigenvalue weighted by molar-refractivity contribution is 0.597. The highest BCUT2D eigenvalue weighted by Gasteiger charge is 2.17. The zero-order chi connectivity index (χ0) is 9.47. The minimum atomic E-state index is -3.21. The predicted molar refractivity (Wildman–Crippen MR) is 55.2 cm³/mol. The first-order valence-electron chi connectivity index (χ1n) is 3.54. The fourth-order valence-corrected chi connectivity index (χ4v) is 2.25. The van der Waals surface area contributed by atoms with Gasteiger partial charge in [0.05, 0.1) is 6.26 Å². The van der Waals surface area contributed by atoms with Gasteiger partial charge >= 0.3 is 0 Å². The number of benzene rings is 1. The van der Waals surface area contributed by atoms with Crippen molar-refractivity contribution < 1.29 is 8.98 Å². The molecule has 1 aromatic carbocycles. The molecule has 2 nitrogen and oxygen atoms in total. The second kappa shape index (κ2) is 3.06. The van der Waals surface area contributed by atoms with E-state index < -0.39 is 5.85 Å². The molecular formula is C8H5Cl2O2P. The highest BCUT2D eigenvalue weighted by atomic mass is 35.9. The molecule has 0 N–H and O–H groups in total. The Bertz CT molecular complexity index is 486. The Labute approximate surface area is 84.4 Å². The van der Waals surface area contributed by atoms with Crippen LogP contribution in [0.1, 0.15) is 0 Å². The Morgan fingerprint density at radius 2 is 2.00 bits per heavy atom. The molecule has 0 radical (unpaired) electrons. The van der Waals surface area contributed by atoms with Gasteiger partial charge in [0.25, 0.3) is 5.85 Å². The van der Waals surface area contributed by atoms with Crippen molar-refractivity contribution in [1.82, 2.24) is 0 Å². The second-order valence-electron chi connectivity index (χ2n) is 2.60. The molecule has 0 fully saturated rings. The van der Waals surface area contributed by atoms with E-state index in [2.05, 4.69) is 0 Å². The standard InChI is InChI=1S/C8H5Cl2O2P/c9-13(10,11)7-2-1-6-3-4-12-8(6)5-7/h1-5H. The van der Waals surface area contributed by atoms with E-state index in [-0.39, 0.29) is 0 Å². The van der Waals surface area contributed by atoms with Gasteiger partial charge in [0.1, 0.15) is 5.58 Å². The van der Waals surface area contributed by atoms with Crippen molar-refractivity contribution in [2.75, 3.05) is 0 Å². The highest BCUT2D eigenvalue weighted by molar-refractivity contribution is 8.13. The summed E-state index contributed by atoms with van der Waals surface area (Å²) >= 11 is 11.0. The summed E-state index contributed by atoms with van der Waals surface area (Å²) in [5, 5.41) is 1.34. The number of hydrogen-bond donors (Lipinski definition) is 0. The molecule has 1 aromatic heterocycles. The largest absolute Gasteiger partial charge is 0.464 e. The number of furan rings is 1. The van der Waals surface area contributed by atoms with Crippen molar-refractivity contribution in [2.45, 2.75) is 0 Å². The number of halogens is 2. The maximum absolute atomic E-state index is 11.3. The van der Waals surface area contributed by atoms with E-state index in [1.807, 2.05) is 6.07 Å². The van der Waals surface area contributed by atoms with Crippen LogP contribution >= 0.6 is 28.3 Å². The maximum atomic E-state index is 11.3. The van der Waals surface area contributed by atoms with Crippen LogP contribution in [-0.2, 0) is 4.57 Å². The Balaban J connectivity index is 2.67. The molecule has 0 amide bonds. The SMILES string of the molecule is O=P(Cl)(Cl)c1ccc2ccoc2c1. The van der Waals surface area contributed by atoms with Crippen molar-refractivity contribution in [3.8, 4) is 0 Å². The summed E-state index contributed by atoms with van der Waals surface area (Å²) in [6, 6.07) is 6.81. The predicted octanol–water partition coefficient (Wildman–Crippen LogP) is 3.73. The quantitative estimate of drug-likeness (QED) is 0.705. The van der Waals surface area contributed by atoms with Crippen LogP contribution in [0.25, 0.3) is 11.0 Å². The first-order chi connectivity index (χ1) is 6.07. The van der Waals surface area contributed by atoms with Crippen LogP contribution in [0.4, 0.5) is 0 Å². The molecule has 0 unspecified atom stereocenters. The third kappa shape index (κ3) is 1.76. The summed E-state index contributed by atoms with van der Waals surface area (Å²) in [5.74, 6) is -3.21. The smallest absolute Gasteiger partial charge is 0.282 e. The average molecular weight is 235 g/mol. The summed E-state index contributed by atoms with van der Waals surface area (Å²) < 4.78 is 16.4. The Morgan fingerprint density at radius 1 is 1.23 bits per heavy atom. The molecule has 5 heteroatoms. The van der Waals surface area contributed by atoms with E-state index in [4.69, 9.17) is 26.9 Å². The lowest BCUT2D eigenvalue weighted by Gasteiger charge is -2.00. The molecule has 0 aliphatic heterocycles. The van der Waals surface area contributed by atoms with Gasteiger partial charge in [-0.2, -0.15) is 0 Å². The molecule has 0 bridgehead atoms. The first kappa shape index (κ1) is 9.14. The van der Waals surface area contributed by atoms with Gasteiger partial charge < -0.3 is 4.42 Å². The maximum Gasteiger partial charge on any atom is 0.282 e. The third-order valence-electron chi connectivity index (χ3n) is 1.74. The van der Waals surface area contributed by atoms with Gasteiger partial charge in [-0.3, -0.25) is 4.57 Å². The molecule has 0 aliphatic rings. The molecule has 0 spiro atoms. The van der Waals surface area contributed by atoms with Crippen LogP contribution in [0.3, 0.4) is 0 Å². The van der Waals surface area contributed by atoms with E-state index in [0.29, 0.717) is 10.9 Å². The van der Waals surface area contributed by atoms with E-state index in [1.165, 1.54) is 0 Å². The second-order valence-corrected chi connectivity index (χ2v) is 7.42. The summed E-state index contributed by atoms with van der Waals surface area (Å²) in [6.45, 7) is 0. The summed E-state index contributed by atoms with van der Waals surface area (Å²) in [6.07, 6.45) is 1.56. The molecular weight excluding hydrogens is 230 g/mol. The lowest BCUT2D eigenvalue weighted by atomic mass is 10.3. The highest BCUT2D eigenvalue weighted by Crippen LogP contribution is 2.55. The molecule has 2 aromatic rings. The van der Waals surface area contributed by atoms with Gasteiger partial charge in [-0.15, -0.1) is 0 Å². The van der Waals surface area contributed by atoms with E-state index in [1.54, 1.807) is 24.5 Å². The molecule has 0 aliphatic carbocycles. The molecule has 13 heavy (non-hydrogen) atoms. The van der Waals surface area contributed by atoms with E-state index in [9.17, 15) is 4.57 Å². The van der Waals surface area contributed by atoms with Crippen LogP contribution in [0.2, 0.25) is 0 Å². The third-order valence-corrected chi connectivity index (χ3v) is 3.79. The zero-order valence-electron chi connectivity index (χ0n) is 6.41. The normalized spacial score (nSPS) is 12.2. The Hall–Kier alpha value is -0.430. The van der Waals surface area contributed by atoms with E-state index >= 15 is 0 Å². The van der Waals surface area contributed by atoms with Crippen LogP contribution in [0.5, 0.6) is 0 Å². The van der Waals surface area contributed by atoms with Crippen molar-refractivity contribution in [1.29, 1.82) is 0 Å². The fraction of sp³-hybridized carbons (Fsp3) is 0. The van der Waals surface area contributed by atoms with Crippen LogP contribution in [0, 0.1) is 0 Å². The van der Waals surface area contributed by atoms with Crippen LogP contribution in [0.15, 0.2) is 34.9 Å². The van der Waals surface area contributed by atoms with Gasteiger partial charge in [0, 0.05) is 10.7 Å². The van der Waals surface area contributed by atoms with Crippen LogP contribution in [-0.4, -0.2) is 0 Å². The molecule has 0 saturated heterocycles. The summed E-state index contributed by atoms with van der Waals surface area (Å²) in [4.78, 5) is 0. The number of hydrogen-bond acceptors (Lipinski definition) is 2. The first-order valence-corrected chi connectivity index (χ1v) is 7.06. The van der Waals surface area contributed by atoms with Crippen molar-refractivity contribution >= 4 is 44.6 Å². The summed E-state index contributed by atoms with van der Waals surface area (Å²) in [7, 11) is 0. The van der Waals surface area contributed by atoms with Gasteiger partial charge in [-0.05, 0) is 40.7 Å². The van der Waals surface area contributed by atoms with Gasteiger partial charge in [0.2, 0.25) is 0 Å². The van der Waals surface area contributed by atoms with Gasteiger partial charge in [0.15, 0.2) is 0 Å². The Kier molecular flexibility index (Phi) is 2.15. The minimum Gasteiger partial charge on any atom is -0.464 e. The molecule has 68 valence electrons. The molecule has 1 heterocycles. The lowest BCUT2D eigenvalue weighted by Crippen LogP contribution is -1.94. The molecule has 0 saturated carbocycles. The number of rotatable bonds is 1. The molecule has 2 rings (SSSR count). The van der Waals surface area contributed by atoms with Crippen molar-refractivity contribution in [2.24, 2.45) is 0 Å². The molecule has 0 atom stereocenters. The average Bonchev–Trinajstić information content (AvgIpc) is 2.47. The van der Waals surface area contributed by atoms with Crippen molar-refractivity contribution in [3.05, 3.63) is 30.5 Å². The van der Waals surface area contributed by atoms with Crippen LogP contribution < -0.4 is 5.30 Å². The number of fused-ring (bicyclic) bond motifs is 1. The zero-order valence-corrected chi connectivity index (χ0v) is 8.81. The monoisotopic (exact) mass is 234 g/mol.